The fourth-order valence-electron chi connectivity index (χ4n) is 4.21. The van der Waals surface area contributed by atoms with Gasteiger partial charge in [0, 0.05) is 40.3 Å². The molecule has 3 heterocycles. The van der Waals surface area contributed by atoms with Crippen LogP contribution in [0.5, 0.6) is 0 Å². The second-order valence-electron chi connectivity index (χ2n) is 8.67. The zero-order chi connectivity index (χ0) is 20.9. The second-order valence-corrected chi connectivity index (χ2v) is 9.75. The van der Waals surface area contributed by atoms with Gasteiger partial charge >= 0.3 is 5.97 Å². The Morgan fingerprint density at radius 2 is 2.03 bits per heavy atom. The third-order valence-corrected chi connectivity index (χ3v) is 6.55. The molecule has 0 aliphatic heterocycles. The molecular weight excluding hydrogens is 386 g/mol. The molecular formula is C22H27N3O3S. The molecule has 0 spiro atoms. The minimum Gasteiger partial charge on any atom is -0.479 e. The first-order valence-corrected chi connectivity index (χ1v) is 10.8. The lowest BCUT2D eigenvalue weighted by Crippen LogP contribution is -2.28. The molecule has 3 aromatic rings. The maximum Gasteiger partial charge on any atom is 0.337 e. The van der Waals surface area contributed by atoms with E-state index in [1.165, 1.54) is 16.9 Å². The predicted molar refractivity (Wildman–Crippen MR) is 114 cm³/mol. The molecule has 1 aliphatic carbocycles. The molecule has 0 unspecified atom stereocenters. The number of carbonyl (C=O) groups is 1. The molecule has 6 nitrogen and oxygen atoms in total. The maximum atomic E-state index is 12.3. The molecule has 0 aromatic carbocycles. The zero-order valence-corrected chi connectivity index (χ0v) is 18.4. The Morgan fingerprint density at radius 3 is 2.66 bits per heavy atom. The monoisotopic (exact) mass is 413 g/mol. The van der Waals surface area contributed by atoms with Crippen molar-refractivity contribution in [3.63, 3.8) is 0 Å². The molecule has 0 fully saturated rings. The summed E-state index contributed by atoms with van der Waals surface area (Å²) in [5.74, 6) is -1.00. The molecule has 0 saturated carbocycles. The van der Waals surface area contributed by atoms with Gasteiger partial charge < -0.3 is 9.84 Å². The maximum absolute atomic E-state index is 12.3. The fourth-order valence-corrected chi connectivity index (χ4v) is 5.53. The van der Waals surface area contributed by atoms with Crippen molar-refractivity contribution in [2.75, 3.05) is 0 Å². The number of nitrogens with zero attached hydrogens (tertiary/aromatic N) is 3. The fraction of sp³-hybridized carbons (Fsp3) is 0.500. The summed E-state index contributed by atoms with van der Waals surface area (Å²) < 4.78 is 7.85. The van der Waals surface area contributed by atoms with Crippen LogP contribution in [0.15, 0.2) is 12.3 Å². The normalized spacial score (nSPS) is 15.5. The molecule has 1 N–H and O–H groups in total. The Labute approximate surface area is 174 Å². The second kappa shape index (κ2) is 7.22. The van der Waals surface area contributed by atoms with Crippen molar-refractivity contribution in [3.8, 4) is 11.3 Å². The van der Waals surface area contributed by atoms with Crippen LogP contribution in [0.4, 0.5) is 0 Å². The quantitative estimate of drug-likeness (QED) is 0.663. The van der Waals surface area contributed by atoms with Crippen LogP contribution in [0, 0.1) is 6.92 Å². The molecule has 1 atom stereocenters. The van der Waals surface area contributed by atoms with Gasteiger partial charge in [-0.3, -0.25) is 4.68 Å². The molecule has 3 aromatic heterocycles. The van der Waals surface area contributed by atoms with E-state index in [9.17, 15) is 9.90 Å². The highest BCUT2D eigenvalue weighted by molar-refractivity contribution is 7.19. The van der Waals surface area contributed by atoms with Crippen molar-refractivity contribution in [3.05, 3.63) is 34.0 Å². The lowest BCUT2D eigenvalue weighted by molar-refractivity contribution is -0.160. The minimum absolute atomic E-state index is 0.609. The Bertz CT molecular complexity index is 1090. The number of aryl methyl sites for hydroxylation is 4. The van der Waals surface area contributed by atoms with E-state index < -0.39 is 17.7 Å². The molecule has 4 rings (SSSR count). The summed E-state index contributed by atoms with van der Waals surface area (Å²) in [6.07, 6.45) is 5.06. The Hall–Kier alpha value is -2.25. The SMILES string of the molecule is Cc1nc2sc3c(c2c(-c2ccnn2C)c1[C@H](OC(C)(C)C)C(=O)O)CCCC3. The van der Waals surface area contributed by atoms with E-state index in [1.54, 1.807) is 22.2 Å². The van der Waals surface area contributed by atoms with Crippen LogP contribution in [0.3, 0.4) is 0 Å². The van der Waals surface area contributed by atoms with Crippen LogP contribution >= 0.6 is 11.3 Å². The van der Waals surface area contributed by atoms with Gasteiger partial charge in [-0.2, -0.15) is 5.10 Å². The summed E-state index contributed by atoms with van der Waals surface area (Å²) in [6.45, 7) is 7.51. The van der Waals surface area contributed by atoms with Crippen LogP contribution in [-0.2, 0) is 29.4 Å². The first kappa shape index (κ1) is 20.0. The van der Waals surface area contributed by atoms with Crippen LogP contribution in [0.25, 0.3) is 21.5 Å². The van der Waals surface area contributed by atoms with Gasteiger partial charge in [0.15, 0.2) is 6.10 Å². The first-order valence-electron chi connectivity index (χ1n) is 10.0. The van der Waals surface area contributed by atoms with Crippen LogP contribution in [-0.4, -0.2) is 31.4 Å². The highest BCUT2D eigenvalue weighted by atomic mass is 32.1. The number of hydrogen-bond acceptors (Lipinski definition) is 5. The summed E-state index contributed by atoms with van der Waals surface area (Å²) in [4.78, 5) is 19.5. The van der Waals surface area contributed by atoms with E-state index in [0.717, 1.165) is 40.7 Å². The number of carboxylic acid groups (broad SMARTS) is 1. The number of aliphatic carboxylic acids is 1. The van der Waals surface area contributed by atoms with Crippen molar-refractivity contribution in [2.24, 2.45) is 7.05 Å². The van der Waals surface area contributed by atoms with E-state index in [0.29, 0.717) is 11.3 Å². The van der Waals surface area contributed by atoms with Gasteiger partial charge in [-0.25, -0.2) is 9.78 Å². The zero-order valence-electron chi connectivity index (χ0n) is 17.6. The van der Waals surface area contributed by atoms with Gasteiger partial charge in [0.2, 0.25) is 0 Å². The van der Waals surface area contributed by atoms with Crippen molar-refractivity contribution in [2.45, 2.75) is 65.1 Å². The Kier molecular flexibility index (Phi) is 4.99. The molecule has 154 valence electrons. The molecule has 0 saturated heterocycles. The molecule has 0 amide bonds. The Morgan fingerprint density at radius 1 is 1.31 bits per heavy atom. The van der Waals surface area contributed by atoms with Crippen molar-refractivity contribution in [1.82, 2.24) is 14.8 Å². The van der Waals surface area contributed by atoms with E-state index in [2.05, 4.69) is 5.10 Å². The van der Waals surface area contributed by atoms with E-state index in [4.69, 9.17) is 9.72 Å². The lowest BCUT2D eigenvalue weighted by atomic mass is 9.89. The van der Waals surface area contributed by atoms with E-state index >= 15 is 0 Å². The first-order chi connectivity index (χ1) is 13.7. The summed E-state index contributed by atoms with van der Waals surface area (Å²) in [5, 5.41) is 15.5. The average molecular weight is 414 g/mol. The summed E-state index contributed by atoms with van der Waals surface area (Å²) in [7, 11) is 1.89. The van der Waals surface area contributed by atoms with E-state index in [1.807, 2.05) is 40.8 Å². The summed E-state index contributed by atoms with van der Waals surface area (Å²) in [6, 6.07) is 1.95. The average Bonchev–Trinajstić information content (AvgIpc) is 3.21. The van der Waals surface area contributed by atoms with Gasteiger partial charge in [-0.15, -0.1) is 11.3 Å². The topological polar surface area (TPSA) is 77.2 Å². The highest BCUT2D eigenvalue weighted by Gasteiger charge is 2.34. The lowest BCUT2D eigenvalue weighted by Gasteiger charge is -2.28. The van der Waals surface area contributed by atoms with Gasteiger partial charge in [0.05, 0.1) is 11.3 Å². The number of fused-ring (bicyclic) bond motifs is 3. The van der Waals surface area contributed by atoms with Crippen molar-refractivity contribution in [1.29, 1.82) is 0 Å². The third-order valence-electron chi connectivity index (χ3n) is 5.37. The third kappa shape index (κ3) is 3.57. The standard InChI is InChI=1S/C22H27N3O3S/c1-12-16(19(21(26)27)28-22(2,3)4)18(14-10-11-23-25(14)5)17-13-8-6-7-9-15(13)29-20(17)24-12/h10-11,19H,6-9H2,1-5H3,(H,26,27)/t19-/m0/s1. The number of thiophene rings is 1. The molecule has 1 aliphatic rings. The van der Waals surface area contributed by atoms with Gasteiger partial charge in [-0.1, -0.05) is 0 Å². The predicted octanol–water partition coefficient (Wildman–Crippen LogP) is 4.82. The van der Waals surface area contributed by atoms with Gasteiger partial charge in [-0.05, 0) is 65.0 Å². The van der Waals surface area contributed by atoms with Crippen molar-refractivity contribution < 1.29 is 14.6 Å². The van der Waals surface area contributed by atoms with Gasteiger partial charge in [0.1, 0.15) is 4.83 Å². The molecule has 0 radical (unpaired) electrons. The minimum atomic E-state index is -1.10. The van der Waals surface area contributed by atoms with Crippen LogP contribution < -0.4 is 0 Å². The Balaban J connectivity index is 2.09. The molecule has 0 bridgehead atoms. The van der Waals surface area contributed by atoms with Crippen molar-refractivity contribution >= 4 is 27.5 Å². The number of ether oxygens (including phenoxy) is 1. The highest BCUT2D eigenvalue weighted by Crippen LogP contribution is 2.45. The van der Waals surface area contributed by atoms with Crippen LogP contribution in [0.2, 0.25) is 0 Å². The van der Waals surface area contributed by atoms with Gasteiger partial charge in [0.25, 0.3) is 0 Å². The molecule has 29 heavy (non-hydrogen) atoms. The van der Waals surface area contributed by atoms with Crippen LogP contribution in [0.1, 0.15) is 61.4 Å². The number of pyridine rings is 1. The smallest absolute Gasteiger partial charge is 0.337 e. The number of rotatable bonds is 4. The largest absolute Gasteiger partial charge is 0.479 e. The number of hydrogen-bond donors (Lipinski definition) is 1. The number of carboxylic acids is 1. The summed E-state index contributed by atoms with van der Waals surface area (Å²) in [5.41, 5.74) is 3.84. The molecule has 7 heteroatoms. The number of aromatic nitrogens is 3. The summed E-state index contributed by atoms with van der Waals surface area (Å²) >= 11 is 1.74. The van der Waals surface area contributed by atoms with E-state index in [-0.39, 0.29) is 0 Å².